The predicted molar refractivity (Wildman–Crippen MR) is 193 cm³/mol. The van der Waals surface area contributed by atoms with Crippen LogP contribution < -0.4 is 0 Å². The van der Waals surface area contributed by atoms with Crippen LogP contribution in [0.3, 0.4) is 0 Å². The van der Waals surface area contributed by atoms with Crippen molar-refractivity contribution in [2.75, 3.05) is 0 Å². The molecular weight excluding hydrogens is 695 g/mol. The third-order valence-corrected chi connectivity index (χ3v) is 12.9. The summed E-state index contributed by atoms with van der Waals surface area (Å²) >= 11 is 0. The largest absolute Gasteiger partial charge is 4.00 e. The minimum Gasteiger partial charge on any atom is -0.358 e. The molecule has 0 radical (unpaired) electrons. The van der Waals surface area contributed by atoms with Crippen molar-refractivity contribution in [3.05, 3.63) is 100 Å². The average molecular weight is 764 g/mol. The van der Waals surface area contributed by atoms with Crippen molar-refractivity contribution in [3.8, 4) is 0 Å². The molecule has 0 heterocycles. The van der Waals surface area contributed by atoms with Crippen molar-refractivity contribution in [1.29, 1.82) is 0 Å². The minimum absolute atomic E-state index is 0. The standard InChI is InChI=1S/C39H56.4CH3.Hf/c1-25(2)27-13-17-29(18-14-27)31-9-7-11-35-33(31)21-23-37(35)39(5,6)38-24-22-34-32(10-8-12-36(34)38)30-19-15-28(16-20-30)26(3)4;;;;;/h13-20,25-26,31-38H,7-12,21-24H2,1-6H3;4*1H3;/q;4*-1;+4. The Kier molecular flexibility index (Phi) is 15.9. The van der Waals surface area contributed by atoms with Gasteiger partial charge in [0.2, 0.25) is 0 Å². The summed E-state index contributed by atoms with van der Waals surface area (Å²) in [4.78, 5) is 0. The number of hydrogen-bond acceptors (Lipinski definition) is 0. The molecule has 4 saturated carbocycles. The van der Waals surface area contributed by atoms with Gasteiger partial charge in [-0.3, -0.25) is 0 Å². The van der Waals surface area contributed by atoms with Gasteiger partial charge in [-0.1, -0.05) is 103 Å². The molecule has 0 spiro atoms. The van der Waals surface area contributed by atoms with Crippen LogP contribution in [0.2, 0.25) is 0 Å². The maximum Gasteiger partial charge on any atom is 4.00 e. The maximum atomic E-state index is 2.73. The first kappa shape index (κ1) is 41.3. The Labute approximate surface area is 295 Å². The van der Waals surface area contributed by atoms with Crippen LogP contribution in [0.1, 0.15) is 152 Å². The van der Waals surface area contributed by atoms with Crippen LogP contribution in [0.25, 0.3) is 0 Å². The number of fused-ring (bicyclic) bond motifs is 2. The molecule has 1 heteroatoms. The molecular formula is C43H68Hf. The summed E-state index contributed by atoms with van der Waals surface area (Å²) in [7, 11) is 0. The Hall–Kier alpha value is -0.690. The quantitative estimate of drug-likeness (QED) is 0.203. The van der Waals surface area contributed by atoms with Crippen molar-refractivity contribution < 1.29 is 25.8 Å². The van der Waals surface area contributed by atoms with Gasteiger partial charge in [0, 0.05) is 0 Å². The van der Waals surface area contributed by atoms with E-state index in [1.54, 1.807) is 11.1 Å². The Morgan fingerprint density at radius 2 is 0.818 bits per heavy atom. The fourth-order valence-electron chi connectivity index (χ4n) is 10.8. The molecule has 0 saturated heterocycles. The average Bonchev–Trinajstić information content (AvgIpc) is 3.59. The number of rotatable bonds is 6. The molecule has 244 valence electrons. The van der Waals surface area contributed by atoms with Gasteiger partial charge < -0.3 is 29.7 Å². The van der Waals surface area contributed by atoms with E-state index in [2.05, 4.69) is 90.1 Å². The molecule has 4 fully saturated rings. The van der Waals surface area contributed by atoms with Crippen LogP contribution in [0.15, 0.2) is 48.5 Å². The van der Waals surface area contributed by atoms with E-state index in [0.717, 1.165) is 47.3 Å². The van der Waals surface area contributed by atoms with Crippen LogP contribution in [0.4, 0.5) is 0 Å². The molecule has 2 aromatic rings. The van der Waals surface area contributed by atoms with Crippen molar-refractivity contribution in [2.45, 2.75) is 129 Å². The molecule has 0 nitrogen and oxygen atoms in total. The monoisotopic (exact) mass is 764 g/mol. The van der Waals surface area contributed by atoms with Crippen LogP contribution in [-0.2, 0) is 25.8 Å². The summed E-state index contributed by atoms with van der Waals surface area (Å²) in [6.45, 7) is 14.7. The van der Waals surface area contributed by atoms with E-state index in [0.29, 0.717) is 17.3 Å². The first-order valence-electron chi connectivity index (χ1n) is 17.0. The Morgan fingerprint density at radius 3 is 1.14 bits per heavy atom. The van der Waals surface area contributed by atoms with Gasteiger partial charge in [-0.15, -0.1) is 0 Å². The molecule has 0 aromatic heterocycles. The molecule has 0 aliphatic heterocycles. The molecule has 8 unspecified atom stereocenters. The number of hydrogen-bond donors (Lipinski definition) is 0. The van der Waals surface area contributed by atoms with E-state index in [1.807, 2.05) is 0 Å². The van der Waals surface area contributed by atoms with Crippen LogP contribution >= 0.6 is 0 Å². The van der Waals surface area contributed by atoms with E-state index in [4.69, 9.17) is 0 Å². The SMILES string of the molecule is CC(C)c1ccc(C2CCCC3C2CCC3C(C)(C)C2CCC3C(c4ccc(C(C)C)cc4)CCCC32)cc1.[CH3-].[CH3-].[CH3-].[CH3-].[Hf+4]. The summed E-state index contributed by atoms with van der Waals surface area (Å²) in [5, 5.41) is 0. The van der Waals surface area contributed by atoms with Crippen molar-refractivity contribution >= 4 is 0 Å². The second-order valence-corrected chi connectivity index (χ2v) is 15.6. The van der Waals surface area contributed by atoms with E-state index in [-0.39, 0.29) is 55.5 Å². The zero-order valence-electron chi connectivity index (χ0n) is 30.5. The van der Waals surface area contributed by atoms with E-state index < -0.39 is 0 Å². The fraction of sp³-hybridized carbons (Fsp3) is 0.628. The Balaban J connectivity index is 0.00000194. The second-order valence-electron chi connectivity index (χ2n) is 15.6. The Bertz CT molecular complexity index is 1010. The van der Waals surface area contributed by atoms with Crippen LogP contribution in [0, 0.1) is 70.6 Å². The van der Waals surface area contributed by atoms with Crippen LogP contribution in [0.5, 0.6) is 0 Å². The smallest absolute Gasteiger partial charge is 0.358 e. The van der Waals surface area contributed by atoms with E-state index in [1.165, 1.54) is 75.3 Å². The normalized spacial score (nSPS) is 30.9. The van der Waals surface area contributed by atoms with Gasteiger partial charge >= 0.3 is 25.8 Å². The molecule has 4 aliphatic carbocycles. The molecule has 44 heavy (non-hydrogen) atoms. The molecule has 8 atom stereocenters. The minimum atomic E-state index is 0. The maximum absolute atomic E-state index is 2.73. The molecule has 0 amide bonds. The predicted octanol–water partition coefficient (Wildman–Crippen LogP) is 13.3. The zero-order chi connectivity index (χ0) is 27.3. The second kappa shape index (κ2) is 16.9. The summed E-state index contributed by atoms with van der Waals surface area (Å²) < 4.78 is 0. The Morgan fingerprint density at radius 1 is 0.477 bits per heavy atom. The zero-order valence-corrected chi connectivity index (χ0v) is 34.1. The molecule has 6 rings (SSSR count). The molecule has 4 aliphatic rings. The molecule has 0 bridgehead atoms. The van der Waals surface area contributed by atoms with Gasteiger partial charge in [0.15, 0.2) is 0 Å². The van der Waals surface area contributed by atoms with Gasteiger partial charge in [0.05, 0.1) is 0 Å². The molecule has 0 N–H and O–H groups in total. The summed E-state index contributed by atoms with van der Waals surface area (Å²) in [6, 6.07) is 19.7. The fourth-order valence-corrected chi connectivity index (χ4v) is 10.8. The summed E-state index contributed by atoms with van der Waals surface area (Å²) in [6.07, 6.45) is 14.6. The van der Waals surface area contributed by atoms with Gasteiger partial charge in [-0.2, -0.15) is 0 Å². The van der Waals surface area contributed by atoms with Crippen molar-refractivity contribution in [1.82, 2.24) is 0 Å². The third-order valence-electron chi connectivity index (χ3n) is 12.9. The first-order valence-corrected chi connectivity index (χ1v) is 17.0. The summed E-state index contributed by atoms with van der Waals surface area (Å²) in [5.74, 6) is 8.45. The number of benzene rings is 2. The summed E-state index contributed by atoms with van der Waals surface area (Å²) in [5.41, 5.74) is 6.76. The van der Waals surface area contributed by atoms with Gasteiger partial charge in [0.25, 0.3) is 0 Å². The van der Waals surface area contributed by atoms with Crippen LogP contribution in [-0.4, -0.2) is 0 Å². The topological polar surface area (TPSA) is 0 Å². The van der Waals surface area contributed by atoms with Gasteiger partial charge in [-0.25, -0.2) is 0 Å². The van der Waals surface area contributed by atoms with Crippen molar-refractivity contribution in [2.24, 2.45) is 40.9 Å². The third kappa shape index (κ3) is 7.71. The van der Waals surface area contributed by atoms with Gasteiger partial charge in [-0.05, 0) is 138 Å². The molecule has 2 aromatic carbocycles. The first-order chi connectivity index (χ1) is 18.8. The van der Waals surface area contributed by atoms with E-state index in [9.17, 15) is 0 Å². The van der Waals surface area contributed by atoms with Crippen molar-refractivity contribution in [3.63, 3.8) is 0 Å². The van der Waals surface area contributed by atoms with Gasteiger partial charge in [0.1, 0.15) is 0 Å². The van der Waals surface area contributed by atoms with E-state index >= 15 is 0 Å².